The highest BCUT2D eigenvalue weighted by Crippen LogP contribution is 2.27. The first kappa shape index (κ1) is 14.1. The van der Waals surface area contributed by atoms with Gasteiger partial charge in [-0.25, -0.2) is 4.39 Å². The van der Waals surface area contributed by atoms with Crippen LogP contribution < -0.4 is 5.32 Å². The van der Waals surface area contributed by atoms with Gasteiger partial charge in [-0.3, -0.25) is 0 Å². The predicted molar refractivity (Wildman–Crippen MR) is 74.9 cm³/mol. The minimum Gasteiger partial charge on any atom is -0.420 e. The van der Waals surface area contributed by atoms with E-state index in [1.54, 1.807) is 12.1 Å². The van der Waals surface area contributed by atoms with E-state index in [9.17, 15) is 4.39 Å². The Morgan fingerprint density at radius 3 is 2.47 bits per heavy atom. The summed E-state index contributed by atoms with van der Waals surface area (Å²) in [6.07, 6.45) is 2.04. The Bertz CT molecular complexity index is 523. The van der Waals surface area contributed by atoms with Crippen molar-refractivity contribution in [3.8, 4) is 11.5 Å². The van der Waals surface area contributed by atoms with Gasteiger partial charge in [0.05, 0.1) is 0 Å². The molecule has 1 aromatic heterocycles. The van der Waals surface area contributed by atoms with E-state index in [0.717, 1.165) is 31.5 Å². The lowest BCUT2D eigenvalue weighted by Crippen LogP contribution is -2.26. The summed E-state index contributed by atoms with van der Waals surface area (Å²) >= 11 is 0. The van der Waals surface area contributed by atoms with Crippen LogP contribution in [0.4, 0.5) is 4.39 Å². The monoisotopic (exact) mass is 327 g/mol. The molecule has 1 aliphatic heterocycles. The molecule has 0 atom stereocenters. The molecule has 0 aliphatic carbocycles. The third kappa shape index (κ3) is 3.19. The Morgan fingerprint density at radius 2 is 1.79 bits per heavy atom. The van der Waals surface area contributed by atoms with E-state index < -0.39 is 0 Å². The fourth-order valence-electron chi connectivity index (χ4n) is 2.18. The highest BCUT2D eigenvalue weighted by Gasteiger charge is 2.21. The van der Waals surface area contributed by atoms with Crippen molar-refractivity contribution in [3.05, 3.63) is 36.0 Å². The summed E-state index contributed by atoms with van der Waals surface area (Å²) in [6, 6.07) is 6.08. The first-order chi connectivity index (χ1) is 8.83. The van der Waals surface area contributed by atoms with Crippen LogP contribution in [0.5, 0.6) is 0 Å². The fourth-order valence-corrected chi connectivity index (χ4v) is 2.18. The molecule has 2 heterocycles. The molecule has 1 aliphatic rings. The first-order valence-corrected chi connectivity index (χ1v) is 6.13. The molecule has 1 N–H and O–H groups in total. The Kier molecular flexibility index (Phi) is 4.66. The van der Waals surface area contributed by atoms with Crippen LogP contribution in [0.3, 0.4) is 0 Å². The number of nitrogens with zero attached hydrogens (tertiary/aromatic N) is 2. The maximum atomic E-state index is 12.8. The van der Waals surface area contributed by atoms with Gasteiger partial charge in [0.25, 0.3) is 0 Å². The molecule has 0 amide bonds. The molecule has 3 rings (SSSR count). The van der Waals surface area contributed by atoms with E-state index in [4.69, 9.17) is 4.42 Å². The Morgan fingerprint density at radius 1 is 1.11 bits per heavy atom. The van der Waals surface area contributed by atoms with Gasteiger partial charge in [-0.2, -0.15) is 0 Å². The van der Waals surface area contributed by atoms with Crippen LogP contribution in [0.2, 0.25) is 0 Å². The molecule has 0 radical (unpaired) electrons. The molecular weight excluding hydrogens is 313 g/mol. The van der Waals surface area contributed by atoms with E-state index in [0.29, 0.717) is 17.7 Å². The van der Waals surface area contributed by atoms with Gasteiger partial charge in [0.15, 0.2) is 0 Å². The Balaban J connectivity index is 0.00000133. The average Bonchev–Trinajstić information content (AvgIpc) is 2.90. The number of halogens is 2. The maximum Gasteiger partial charge on any atom is 0.247 e. The molecule has 0 bridgehead atoms. The van der Waals surface area contributed by atoms with Gasteiger partial charge < -0.3 is 9.73 Å². The van der Waals surface area contributed by atoms with Crippen LogP contribution in [0.25, 0.3) is 11.5 Å². The lowest BCUT2D eigenvalue weighted by atomic mass is 9.98. The number of rotatable bonds is 2. The van der Waals surface area contributed by atoms with Gasteiger partial charge in [0.1, 0.15) is 5.82 Å². The van der Waals surface area contributed by atoms with Crippen LogP contribution >= 0.6 is 17.0 Å². The second-order valence-electron chi connectivity index (χ2n) is 4.48. The normalized spacial score (nSPS) is 16.1. The number of hydrogen-bond acceptors (Lipinski definition) is 4. The van der Waals surface area contributed by atoms with Gasteiger partial charge in [0.2, 0.25) is 11.8 Å². The summed E-state index contributed by atoms with van der Waals surface area (Å²) in [4.78, 5) is 0. The van der Waals surface area contributed by atoms with Crippen molar-refractivity contribution in [1.29, 1.82) is 0 Å². The van der Waals surface area contributed by atoms with E-state index >= 15 is 0 Å². The first-order valence-electron chi connectivity index (χ1n) is 6.13. The second kappa shape index (κ2) is 6.25. The SMILES string of the molecule is Br.Fc1ccc(-c2nnc(C3CCNCC3)o2)cc1. The average molecular weight is 328 g/mol. The molecule has 0 unspecified atom stereocenters. The molecule has 0 spiro atoms. The van der Waals surface area contributed by atoms with Crippen molar-refractivity contribution >= 4 is 17.0 Å². The summed E-state index contributed by atoms with van der Waals surface area (Å²) in [5.74, 6) is 1.23. The molecule has 0 saturated carbocycles. The van der Waals surface area contributed by atoms with E-state index in [-0.39, 0.29) is 22.8 Å². The maximum absolute atomic E-state index is 12.8. The van der Waals surface area contributed by atoms with Crippen molar-refractivity contribution in [3.63, 3.8) is 0 Å². The quantitative estimate of drug-likeness (QED) is 0.921. The van der Waals surface area contributed by atoms with Crippen LogP contribution in [-0.2, 0) is 0 Å². The molecule has 1 aromatic carbocycles. The molecular formula is C13H15BrFN3O. The van der Waals surface area contributed by atoms with E-state index in [2.05, 4.69) is 15.5 Å². The summed E-state index contributed by atoms with van der Waals surface area (Å²) in [5.41, 5.74) is 0.754. The van der Waals surface area contributed by atoms with Gasteiger partial charge >= 0.3 is 0 Å². The van der Waals surface area contributed by atoms with Crippen LogP contribution in [-0.4, -0.2) is 23.3 Å². The van der Waals surface area contributed by atoms with Gasteiger partial charge in [-0.05, 0) is 50.2 Å². The molecule has 1 fully saturated rings. The van der Waals surface area contributed by atoms with Crippen molar-refractivity contribution < 1.29 is 8.81 Å². The second-order valence-corrected chi connectivity index (χ2v) is 4.48. The molecule has 6 heteroatoms. The van der Waals surface area contributed by atoms with E-state index in [1.165, 1.54) is 12.1 Å². The summed E-state index contributed by atoms with van der Waals surface area (Å²) in [6.45, 7) is 1.97. The van der Waals surface area contributed by atoms with Crippen LogP contribution in [0.1, 0.15) is 24.7 Å². The highest BCUT2D eigenvalue weighted by atomic mass is 79.9. The highest BCUT2D eigenvalue weighted by molar-refractivity contribution is 8.93. The molecule has 4 nitrogen and oxygen atoms in total. The van der Waals surface area contributed by atoms with Crippen LogP contribution in [0, 0.1) is 5.82 Å². The summed E-state index contributed by atoms with van der Waals surface area (Å²) in [7, 11) is 0. The number of aromatic nitrogens is 2. The van der Waals surface area contributed by atoms with Crippen LogP contribution in [0.15, 0.2) is 28.7 Å². The lowest BCUT2D eigenvalue weighted by molar-refractivity contribution is 0.378. The summed E-state index contributed by atoms with van der Waals surface area (Å²) in [5, 5.41) is 11.4. The summed E-state index contributed by atoms with van der Waals surface area (Å²) < 4.78 is 18.5. The molecule has 2 aromatic rings. The van der Waals surface area contributed by atoms with Gasteiger partial charge in [0, 0.05) is 11.5 Å². The number of piperidine rings is 1. The van der Waals surface area contributed by atoms with Crippen molar-refractivity contribution in [1.82, 2.24) is 15.5 Å². The molecule has 1 saturated heterocycles. The zero-order chi connectivity index (χ0) is 12.4. The number of benzene rings is 1. The number of nitrogens with one attached hydrogen (secondary N) is 1. The standard InChI is InChI=1S/C13H14FN3O.BrH/c14-11-3-1-9(2-4-11)12-16-17-13(18-12)10-5-7-15-8-6-10;/h1-4,10,15H,5-8H2;1H. The third-order valence-corrected chi connectivity index (χ3v) is 3.22. The molecule has 102 valence electrons. The molecule has 19 heavy (non-hydrogen) atoms. The number of hydrogen-bond donors (Lipinski definition) is 1. The Hall–Kier alpha value is -1.27. The van der Waals surface area contributed by atoms with Crippen molar-refractivity contribution in [2.75, 3.05) is 13.1 Å². The third-order valence-electron chi connectivity index (χ3n) is 3.22. The lowest BCUT2D eigenvalue weighted by Gasteiger charge is -2.18. The zero-order valence-electron chi connectivity index (χ0n) is 10.3. The topological polar surface area (TPSA) is 51.0 Å². The fraction of sp³-hybridized carbons (Fsp3) is 0.385. The minimum absolute atomic E-state index is 0. The predicted octanol–water partition coefficient (Wildman–Crippen LogP) is 2.92. The Labute approximate surface area is 121 Å². The van der Waals surface area contributed by atoms with E-state index in [1.807, 2.05) is 0 Å². The van der Waals surface area contributed by atoms with Gasteiger partial charge in [-0.1, -0.05) is 0 Å². The minimum atomic E-state index is -0.267. The van der Waals surface area contributed by atoms with Crippen molar-refractivity contribution in [2.24, 2.45) is 0 Å². The largest absolute Gasteiger partial charge is 0.420 e. The van der Waals surface area contributed by atoms with Gasteiger partial charge in [-0.15, -0.1) is 27.2 Å². The zero-order valence-corrected chi connectivity index (χ0v) is 12.0. The van der Waals surface area contributed by atoms with Crippen molar-refractivity contribution in [2.45, 2.75) is 18.8 Å². The smallest absolute Gasteiger partial charge is 0.247 e.